The van der Waals surface area contributed by atoms with Gasteiger partial charge in [0.2, 0.25) is 0 Å². The van der Waals surface area contributed by atoms with Crippen molar-refractivity contribution in [3.63, 3.8) is 0 Å². The molecule has 0 aliphatic rings. The molecule has 0 spiro atoms. The van der Waals surface area contributed by atoms with Gasteiger partial charge in [-0.25, -0.2) is 0 Å². The van der Waals surface area contributed by atoms with Gasteiger partial charge in [0.15, 0.2) is 5.78 Å². The molecule has 0 amide bonds. The van der Waals surface area contributed by atoms with Gasteiger partial charge in [-0.3, -0.25) is 4.79 Å². The molecular formula is C21H18O3. The van der Waals surface area contributed by atoms with Crippen LogP contribution in [0.1, 0.15) is 21.5 Å². The molecule has 120 valence electrons. The normalized spacial score (nSPS) is 10.2. The van der Waals surface area contributed by atoms with Crippen molar-refractivity contribution in [2.45, 2.75) is 6.92 Å². The van der Waals surface area contributed by atoms with E-state index in [0.717, 1.165) is 5.56 Å². The molecule has 0 fully saturated rings. The van der Waals surface area contributed by atoms with E-state index in [4.69, 9.17) is 9.47 Å². The van der Waals surface area contributed by atoms with E-state index in [1.165, 1.54) is 0 Å². The van der Waals surface area contributed by atoms with E-state index >= 15 is 0 Å². The van der Waals surface area contributed by atoms with E-state index in [9.17, 15) is 4.79 Å². The van der Waals surface area contributed by atoms with Gasteiger partial charge in [0.05, 0.1) is 12.7 Å². The third-order valence-electron chi connectivity index (χ3n) is 3.78. The fourth-order valence-corrected chi connectivity index (χ4v) is 2.44. The van der Waals surface area contributed by atoms with Crippen molar-refractivity contribution >= 4 is 5.78 Å². The van der Waals surface area contributed by atoms with Crippen LogP contribution < -0.4 is 9.47 Å². The summed E-state index contributed by atoms with van der Waals surface area (Å²) in [5.74, 6) is 1.76. The Bertz CT molecular complexity index is 854. The van der Waals surface area contributed by atoms with E-state index in [2.05, 4.69) is 0 Å². The Hall–Kier alpha value is -3.07. The van der Waals surface area contributed by atoms with E-state index in [-0.39, 0.29) is 5.78 Å². The number of hydrogen-bond donors (Lipinski definition) is 0. The predicted octanol–water partition coefficient (Wildman–Crippen LogP) is 5.03. The molecular weight excluding hydrogens is 300 g/mol. The highest BCUT2D eigenvalue weighted by Crippen LogP contribution is 2.32. The molecule has 3 nitrogen and oxygen atoms in total. The molecule has 0 saturated carbocycles. The molecule has 0 aliphatic heterocycles. The molecule has 0 heterocycles. The summed E-state index contributed by atoms with van der Waals surface area (Å²) in [6.07, 6.45) is 0. The van der Waals surface area contributed by atoms with Crippen molar-refractivity contribution in [3.05, 3.63) is 89.5 Å². The summed E-state index contributed by atoms with van der Waals surface area (Å²) >= 11 is 0. The molecule has 0 radical (unpaired) electrons. The maximum Gasteiger partial charge on any atom is 0.196 e. The van der Waals surface area contributed by atoms with E-state index < -0.39 is 0 Å². The first kappa shape index (κ1) is 15.8. The van der Waals surface area contributed by atoms with Crippen LogP contribution in [0.3, 0.4) is 0 Å². The SMILES string of the molecule is COc1ccc(C(=O)c2ccccc2)c(Oc2ccccc2C)c1. The van der Waals surface area contributed by atoms with Gasteiger partial charge >= 0.3 is 0 Å². The van der Waals surface area contributed by atoms with Crippen molar-refractivity contribution in [1.29, 1.82) is 0 Å². The summed E-state index contributed by atoms with van der Waals surface area (Å²) in [5, 5.41) is 0. The third kappa shape index (κ3) is 3.30. The van der Waals surface area contributed by atoms with E-state index in [1.807, 2.05) is 49.4 Å². The zero-order valence-electron chi connectivity index (χ0n) is 13.7. The Kier molecular flexibility index (Phi) is 4.62. The number of hydrogen-bond acceptors (Lipinski definition) is 3. The first-order valence-corrected chi connectivity index (χ1v) is 7.70. The first-order chi connectivity index (χ1) is 11.7. The van der Waals surface area contributed by atoms with Gasteiger partial charge < -0.3 is 9.47 Å². The minimum Gasteiger partial charge on any atom is -0.497 e. The Morgan fingerprint density at radius 1 is 0.833 bits per heavy atom. The van der Waals surface area contributed by atoms with Gasteiger partial charge in [0.25, 0.3) is 0 Å². The summed E-state index contributed by atoms with van der Waals surface area (Å²) in [5.41, 5.74) is 2.13. The highest BCUT2D eigenvalue weighted by atomic mass is 16.5. The van der Waals surface area contributed by atoms with Crippen LogP contribution in [-0.2, 0) is 0 Å². The standard InChI is InChI=1S/C21H18O3/c1-15-8-6-7-11-19(15)24-20-14-17(23-2)12-13-18(20)21(22)16-9-4-3-5-10-16/h3-14H,1-2H3. The number of para-hydroxylation sites is 1. The monoisotopic (exact) mass is 318 g/mol. The molecule has 3 rings (SSSR count). The van der Waals surface area contributed by atoms with Crippen LogP contribution in [0, 0.1) is 6.92 Å². The van der Waals surface area contributed by atoms with Gasteiger partial charge in [0.1, 0.15) is 17.2 Å². The van der Waals surface area contributed by atoms with Crippen molar-refractivity contribution in [3.8, 4) is 17.2 Å². The summed E-state index contributed by atoms with van der Waals surface area (Å²) < 4.78 is 11.3. The largest absolute Gasteiger partial charge is 0.497 e. The number of ketones is 1. The molecule has 24 heavy (non-hydrogen) atoms. The van der Waals surface area contributed by atoms with Crippen molar-refractivity contribution in [2.75, 3.05) is 7.11 Å². The van der Waals surface area contributed by atoms with Crippen LogP contribution in [0.5, 0.6) is 17.2 Å². The topological polar surface area (TPSA) is 35.5 Å². The summed E-state index contributed by atoms with van der Waals surface area (Å²) in [7, 11) is 1.59. The number of benzene rings is 3. The molecule has 0 unspecified atom stereocenters. The van der Waals surface area contributed by atoms with Crippen LogP contribution in [0.2, 0.25) is 0 Å². The van der Waals surface area contributed by atoms with Gasteiger partial charge in [-0.05, 0) is 30.7 Å². The second kappa shape index (κ2) is 7.01. The van der Waals surface area contributed by atoms with Gasteiger partial charge in [0, 0.05) is 11.6 Å². The second-order valence-electron chi connectivity index (χ2n) is 5.42. The first-order valence-electron chi connectivity index (χ1n) is 7.70. The average Bonchev–Trinajstić information content (AvgIpc) is 2.63. The molecule has 0 aromatic heterocycles. The van der Waals surface area contributed by atoms with E-state index in [0.29, 0.717) is 28.4 Å². The lowest BCUT2D eigenvalue weighted by molar-refractivity contribution is 0.103. The lowest BCUT2D eigenvalue weighted by Gasteiger charge is -2.13. The Balaban J connectivity index is 2.03. The van der Waals surface area contributed by atoms with Crippen molar-refractivity contribution in [2.24, 2.45) is 0 Å². The number of rotatable bonds is 5. The molecule has 3 heteroatoms. The van der Waals surface area contributed by atoms with Crippen molar-refractivity contribution < 1.29 is 14.3 Å². The number of aryl methyl sites for hydroxylation is 1. The van der Waals surface area contributed by atoms with E-state index in [1.54, 1.807) is 37.4 Å². The molecule has 3 aromatic rings. The van der Waals surface area contributed by atoms with Gasteiger partial charge in [-0.1, -0.05) is 48.5 Å². The average molecular weight is 318 g/mol. The lowest BCUT2D eigenvalue weighted by Crippen LogP contribution is -2.04. The number of ether oxygens (including phenoxy) is 2. The number of carbonyl (C=O) groups excluding carboxylic acids is 1. The summed E-state index contributed by atoms with van der Waals surface area (Å²) in [4.78, 5) is 12.8. The third-order valence-corrected chi connectivity index (χ3v) is 3.78. The summed E-state index contributed by atoms with van der Waals surface area (Å²) in [6, 6.07) is 22.1. The molecule has 0 saturated heterocycles. The summed E-state index contributed by atoms with van der Waals surface area (Å²) in [6.45, 7) is 1.97. The predicted molar refractivity (Wildman–Crippen MR) is 94.1 cm³/mol. The quantitative estimate of drug-likeness (QED) is 0.619. The fraction of sp³-hybridized carbons (Fsp3) is 0.0952. The van der Waals surface area contributed by atoms with Gasteiger partial charge in [-0.2, -0.15) is 0 Å². The molecule has 0 N–H and O–H groups in total. The van der Waals surface area contributed by atoms with Crippen LogP contribution in [-0.4, -0.2) is 12.9 Å². The molecule has 0 bridgehead atoms. The zero-order chi connectivity index (χ0) is 16.9. The Morgan fingerprint density at radius 2 is 1.54 bits per heavy atom. The smallest absolute Gasteiger partial charge is 0.196 e. The fourth-order valence-electron chi connectivity index (χ4n) is 2.44. The lowest BCUT2D eigenvalue weighted by atomic mass is 10.0. The van der Waals surface area contributed by atoms with Crippen LogP contribution in [0.15, 0.2) is 72.8 Å². The second-order valence-corrected chi connectivity index (χ2v) is 5.42. The molecule has 0 aliphatic carbocycles. The number of carbonyl (C=O) groups is 1. The highest BCUT2D eigenvalue weighted by Gasteiger charge is 2.16. The highest BCUT2D eigenvalue weighted by molar-refractivity contribution is 6.10. The molecule has 0 atom stereocenters. The van der Waals surface area contributed by atoms with Crippen molar-refractivity contribution in [1.82, 2.24) is 0 Å². The number of methoxy groups -OCH3 is 1. The maximum atomic E-state index is 12.8. The minimum absolute atomic E-state index is 0.0816. The van der Waals surface area contributed by atoms with Crippen LogP contribution in [0.4, 0.5) is 0 Å². The van der Waals surface area contributed by atoms with Crippen LogP contribution >= 0.6 is 0 Å². The van der Waals surface area contributed by atoms with Gasteiger partial charge in [-0.15, -0.1) is 0 Å². The Morgan fingerprint density at radius 3 is 2.25 bits per heavy atom. The Labute approximate surface area is 141 Å². The minimum atomic E-state index is -0.0816. The maximum absolute atomic E-state index is 12.8. The molecule has 3 aromatic carbocycles. The zero-order valence-corrected chi connectivity index (χ0v) is 13.7. The van der Waals surface area contributed by atoms with Crippen LogP contribution in [0.25, 0.3) is 0 Å².